The van der Waals surface area contributed by atoms with Gasteiger partial charge in [0, 0.05) is 18.8 Å². The van der Waals surface area contributed by atoms with Gasteiger partial charge in [0.25, 0.3) is 5.91 Å². The van der Waals surface area contributed by atoms with Crippen LogP contribution in [0.1, 0.15) is 60.0 Å². The molecule has 2 atom stereocenters. The summed E-state index contributed by atoms with van der Waals surface area (Å²) in [5.74, 6) is -0.851. The Morgan fingerprint density at radius 2 is 1.87 bits per heavy atom. The minimum absolute atomic E-state index is 0.0241. The summed E-state index contributed by atoms with van der Waals surface area (Å²) in [5.41, 5.74) is 6.12. The quantitative estimate of drug-likeness (QED) is 0.586. The number of anilines is 1. The van der Waals surface area contributed by atoms with Crippen LogP contribution in [0.15, 0.2) is 36.4 Å². The normalized spacial score (nSPS) is 24.1. The van der Waals surface area contributed by atoms with E-state index in [1.165, 1.54) is 11.0 Å². The number of nitrogens with two attached hydrogens (primary N) is 1. The summed E-state index contributed by atoms with van der Waals surface area (Å²) in [4.78, 5) is 44.4. The number of carbonyl (C=O) groups excluding carboxylic acids is 3. The van der Waals surface area contributed by atoms with Crippen LogP contribution in [0.2, 0.25) is 0 Å². The van der Waals surface area contributed by atoms with Gasteiger partial charge in [-0.05, 0) is 67.5 Å². The molecule has 5 rings (SSSR count). The lowest BCUT2D eigenvalue weighted by molar-refractivity contribution is -0.159. The van der Waals surface area contributed by atoms with Crippen LogP contribution in [0.3, 0.4) is 0 Å². The summed E-state index contributed by atoms with van der Waals surface area (Å²) >= 11 is 0. The highest BCUT2D eigenvalue weighted by Gasteiger charge is 2.57. The van der Waals surface area contributed by atoms with Crippen molar-refractivity contribution in [2.45, 2.75) is 63.6 Å². The number of halogens is 1. The van der Waals surface area contributed by atoms with E-state index in [0.717, 1.165) is 37.7 Å². The number of ether oxygens (including phenoxy) is 1. The Balaban J connectivity index is 1.47. The molecule has 0 bridgehead atoms. The van der Waals surface area contributed by atoms with Crippen LogP contribution in [0.25, 0.3) is 0 Å². The van der Waals surface area contributed by atoms with Crippen molar-refractivity contribution in [3.63, 3.8) is 0 Å². The van der Waals surface area contributed by atoms with E-state index in [2.05, 4.69) is 5.32 Å². The van der Waals surface area contributed by atoms with E-state index in [9.17, 15) is 18.8 Å². The number of aryl methyl sites for hydroxylation is 1. The van der Waals surface area contributed by atoms with Gasteiger partial charge in [-0.2, -0.15) is 0 Å². The Morgan fingerprint density at radius 3 is 2.53 bits per heavy atom. The second kappa shape index (κ2) is 10.3. The van der Waals surface area contributed by atoms with Gasteiger partial charge >= 0.3 is 0 Å². The minimum atomic E-state index is -1.24. The Kier molecular flexibility index (Phi) is 7.03. The lowest BCUT2D eigenvalue weighted by atomic mass is 9.80. The fraction of sp³-hybridized carbons (Fsp3) is 0.483. The van der Waals surface area contributed by atoms with Gasteiger partial charge in [-0.25, -0.2) is 4.39 Å². The summed E-state index contributed by atoms with van der Waals surface area (Å²) in [7, 11) is 1.59. The molecule has 8 nitrogen and oxygen atoms in total. The molecule has 3 amide bonds. The SMILES string of the molecule is COc1ccc(CN2C(=O)[C@@H](C3CCCCC3)NC(=O)[C@]23CCN(C(=O)c2c(N)cc(C)cc2F)C3)cc1. The molecule has 2 aromatic rings. The number of nitrogen functional groups attached to an aromatic ring is 1. The molecule has 1 spiro atoms. The molecule has 2 aromatic carbocycles. The highest BCUT2D eigenvalue weighted by atomic mass is 19.1. The van der Waals surface area contributed by atoms with Gasteiger partial charge in [0.05, 0.1) is 19.2 Å². The van der Waals surface area contributed by atoms with Crippen LogP contribution in [0, 0.1) is 18.7 Å². The molecule has 2 heterocycles. The van der Waals surface area contributed by atoms with Gasteiger partial charge in [0.15, 0.2) is 0 Å². The fourth-order valence-electron chi connectivity index (χ4n) is 6.29. The number of hydrogen-bond donors (Lipinski definition) is 2. The number of rotatable bonds is 5. The van der Waals surface area contributed by atoms with E-state index < -0.39 is 23.3 Å². The van der Waals surface area contributed by atoms with E-state index >= 15 is 0 Å². The molecule has 0 aromatic heterocycles. The smallest absolute Gasteiger partial charge is 0.259 e. The van der Waals surface area contributed by atoms with Gasteiger partial charge in [-0.15, -0.1) is 0 Å². The molecule has 3 aliphatic rings. The van der Waals surface area contributed by atoms with Crippen LogP contribution in [-0.2, 0) is 16.1 Å². The van der Waals surface area contributed by atoms with Crippen LogP contribution in [0.4, 0.5) is 10.1 Å². The van der Waals surface area contributed by atoms with Crippen LogP contribution >= 0.6 is 0 Å². The van der Waals surface area contributed by atoms with Crippen molar-refractivity contribution < 1.29 is 23.5 Å². The van der Waals surface area contributed by atoms with Crippen LogP contribution in [-0.4, -0.2) is 59.3 Å². The Labute approximate surface area is 222 Å². The first-order valence-corrected chi connectivity index (χ1v) is 13.3. The Hall–Kier alpha value is -3.62. The molecule has 0 radical (unpaired) electrons. The molecule has 1 aliphatic carbocycles. The maximum Gasteiger partial charge on any atom is 0.259 e. The molecule has 2 aliphatic heterocycles. The summed E-state index contributed by atoms with van der Waals surface area (Å²) < 4.78 is 20.1. The van der Waals surface area contributed by atoms with Crippen LogP contribution in [0.5, 0.6) is 5.75 Å². The average molecular weight is 523 g/mol. The van der Waals surface area contributed by atoms with E-state index in [4.69, 9.17) is 10.5 Å². The van der Waals surface area contributed by atoms with E-state index in [-0.39, 0.29) is 55.0 Å². The molecule has 3 N–H and O–H groups in total. The first kappa shape index (κ1) is 26.0. The number of likely N-dealkylation sites (tertiary alicyclic amines) is 1. The van der Waals surface area contributed by atoms with Gasteiger partial charge < -0.3 is 25.6 Å². The first-order valence-electron chi connectivity index (χ1n) is 13.3. The van der Waals surface area contributed by atoms with Crippen molar-refractivity contribution in [2.24, 2.45) is 5.92 Å². The van der Waals surface area contributed by atoms with Gasteiger partial charge in [-0.1, -0.05) is 31.4 Å². The number of methoxy groups -OCH3 is 1. The van der Waals surface area contributed by atoms with Gasteiger partial charge in [0.1, 0.15) is 23.1 Å². The monoisotopic (exact) mass is 522 g/mol. The van der Waals surface area contributed by atoms with Crippen molar-refractivity contribution in [1.82, 2.24) is 15.1 Å². The zero-order valence-electron chi connectivity index (χ0n) is 22.0. The summed E-state index contributed by atoms with van der Waals surface area (Å²) in [6.45, 7) is 2.11. The number of benzene rings is 2. The number of piperazine rings is 1. The van der Waals surface area contributed by atoms with E-state index in [0.29, 0.717) is 11.3 Å². The third-order valence-electron chi connectivity index (χ3n) is 8.39. The van der Waals surface area contributed by atoms with Crippen molar-refractivity contribution in [2.75, 3.05) is 25.9 Å². The molecule has 38 heavy (non-hydrogen) atoms. The van der Waals surface area contributed by atoms with E-state index in [1.54, 1.807) is 25.0 Å². The van der Waals surface area contributed by atoms with Crippen molar-refractivity contribution >= 4 is 23.4 Å². The first-order chi connectivity index (χ1) is 18.2. The van der Waals surface area contributed by atoms with Crippen LogP contribution < -0.4 is 15.8 Å². The second-order valence-corrected chi connectivity index (χ2v) is 10.8. The number of nitrogens with one attached hydrogen (secondary N) is 1. The van der Waals surface area contributed by atoms with Gasteiger partial charge in [0.2, 0.25) is 11.8 Å². The molecule has 2 saturated heterocycles. The third kappa shape index (κ3) is 4.59. The number of carbonyl (C=O) groups is 3. The fourth-order valence-corrected chi connectivity index (χ4v) is 6.29. The van der Waals surface area contributed by atoms with Gasteiger partial charge in [-0.3, -0.25) is 14.4 Å². The minimum Gasteiger partial charge on any atom is -0.497 e. The molecule has 9 heteroatoms. The topological polar surface area (TPSA) is 105 Å². The lowest BCUT2D eigenvalue weighted by Crippen LogP contribution is -2.72. The summed E-state index contributed by atoms with van der Waals surface area (Å²) in [5, 5.41) is 3.05. The van der Waals surface area contributed by atoms with Crippen molar-refractivity contribution in [3.05, 3.63) is 58.9 Å². The predicted octanol–water partition coefficient (Wildman–Crippen LogP) is 3.42. The number of amides is 3. The zero-order valence-corrected chi connectivity index (χ0v) is 22.0. The predicted molar refractivity (Wildman–Crippen MR) is 141 cm³/mol. The number of hydrogen-bond acceptors (Lipinski definition) is 5. The number of nitrogens with zero attached hydrogens (tertiary/aromatic N) is 2. The molecular formula is C29H35FN4O4. The zero-order chi connectivity index (χ0) is 27.0. The average Bonchev–Trinajstić information content (AvgIpc) is 3.35. The van der Waals surface area contributed by atoms with E-state index in [1.807, 2.05) is 24.3 Å². The molecule has 202 valence electrons. The maximum absolute atomic E-state index is 14.8. The molecular weight excluding hydrogens is 487 g/mol. The molecule has 0 unspecified atom stereocenters. The van der Waals surface area contributed by atoms with Crippen molar-refractivity contribution in [3.8, 4) is 5.75 Å². The summed E-state index contributed by atoms with van der Waals surface area (Å²) in [6.07, 6.45) is 5.28. The Morgan fingerprint density at radius 1 is 1.16 bits per heavy atom. The maximum atomic E-state index is 14.8. The molecule has 3 fully saturated rings. The molecule has 1 saturated carbocycles. The lowest BCUT2D eigenvalue weighted by Gasteiger charge is -2.48. The standard InChI is InChI=1S/C29H35FN4O4/c1-18-14-22(30)24(23(31)15-18)26(35)33-13-12-29(17-33)28(37)32-25(20-6-4-3-5-7-20)27(36)34(29)16-19-8-10-21(38-2)11-9-19/h8-11,14-15,20,25H,3-7,12-13,16-17,31H2,1-2H3,(H,32,37)/t25-,29-/m1/s1. The highest BCUT2D eigenvalue weighted by Crippen LogP contribution is 2.38. The highest BCUT2D eigenvalue weighted by molar-refractivity contribution is 6.03. The summed E-state index contributed by atoms with van der Waals surface area (Å²) in [6, 6.07) is 9.65. The third-order valence-corrected chi connectivity index (χ3v) is 8.39. The largest absolute Gasteiger partial charge is 0.497 e. The second-order valence-electron chi connectivity index (χ2n) is 10.8. The van der Waals surface area contributed by atoms with Crippen molar-refractivity contribution in [1.29, 1.82) is 0 Å². The Bertz CT molecular complexity index is 1220.